The number of amides is 1. The van der Waals surface area contributed by atoms with E-state index in [9.17, 15) is 116 Å². The fourth-order valence-corrected chi connectivity index (χ4v) is 9.43. The first kappa shape index (κ1) is 65.0. The highest BCUT2D eigenvalue weighted by Gasteiger charge is 2.60. The SMILES string of the molecule is CC(=O)N[C@@H]1[C@@H](O)[C@H](O[C@@H]2O[C@H](C(=O)O)[C@@H](O[C@@H]3O[C@H](CO)[C@@H](O[C@H]4O[C@@H](C(=O)O)[C@H](O)[C@@H](O)[C@@H]4OS(=O)(=O)O)[C@H](OS(=O)(=O)O)[C@H]3NS(=O)(=O)O)[C@H](O)[C@H]2OS(=O)(=O)O)[C@H](COS(=O)(=O)O)O[C@H]1O.[CH2]C(=O)O. The summed E-state index contributed by atoms with van der Waals surface area (Å²) in [5.74, 6) is -6.57. The van der Waals surface area contributed by atoms with Crippen LogP contribution in [0.3, 0.4) is 0 Å². The molecule has 1 radical (unpaired) electrons. The van der Waals surface area contributed by atoms with E-state index in [1.165, 1.54) is 4.72 Å². The summed E-state index contributed by atoms with van der Waals surface area (Å²) in [5.41, 5.74) is 0. The van der Waals surface area contributed by atoms with Crippen LogP contribution in [-0.2, 0) is 121 Å². The molecular weight excluding hydrogens is 1150 g/mol. The van der Waals surface area contributed by atoms with Gasteiger partial charge in [0.2, 0.25) is 5.91 Å². The van der Waals surface area contributed by atoms with Gasteiger partial charge in [0.15, 0.2) is 49.6 Å². The van der Waals surface area contributed by atoms with Crippen LogP contribution in [-0.4, -0.2) is 271 Å². The molecule has 20 atom stereocenters. The molecule has 46 heteroatoms. The van der Waals surface area contributed by atoms with E-state index >= 15 is 0 Å². The fourth-order valence-electron chi connectivity index (χ4n) is 7.05. The molecule has 4 saturated heterocycles. The molecule has 0 unspecified atom stereocenters. The molecule has 0 spiro atoms. The Balaban J connectivity index is 0.00000348. The Labute approximate surface area is 414 Å². The first-order valence-electron chi connectivity index (χ1n) is 19.2. The number of carboxylic acids is 3. The summed E-state index contributed by atoms with van der Waals surface area (Å²) in [6.45, 7) is 0.316. The van der Waals surface area contributed by atoms with Gasteiger partial charge in [-0.2, -0.15) is 46.8 Å². The molecule has 0 aromatic carbocycles. The Bertz CT molecular complexity index is 2550. The van der Waals surface area contributed by atoms with Gasteiger partial charge in [0.25, 0.3) is 0 Å². The average molecular weight is 1190 g/mol. The number of ether oxygens (including phenoxy) is 7. The van der Waals surface area contributed by atoms with E-state index in [0.717, 1.165) is 6.92 Å². The molecule has 4 rings (SSSR count). The summed E-state index contributed by atoms with van der Waals surface area (Å²) in [6, 6.07) is -4.96. The minimum atomic E-state index is -6.09. The summed E-state index contributed by atoms with van der Waals surface area (Å²) in [7, 11) is -29.1. The predicted molar refractivity (Wildman–Crippen MR) is 214 cm³/mol. The largest absolute Gasteiger partial charge is 0.481 e. The number of hydrogen-bond acceptors (Lipinski definition) is 31. The Morgan fingerprint density at radius 2 is 0.973 bits per heavy atom. The monoisotopic (exact) mass is 1190 g/mol. The highest BCUT2D eigenvalue weighted by Crippen LogP contribution is 2.37. The van der Waals surface area contributed by atoms with Gasteiger partial charge in [0.1, 0.15) is 73.1 Å². The van der Waals surface area contributed by atoms with E-state index in [1.54, 1.807) is 0 Å². The van der Waals surface area contributed by atoms with E-state index in [0.29, 0.717) is 0 Å². The summed E-state index contributed by atoms with van der Waals surface area (Å²) in [6.07, 6.45) is -49.1. The lowest BCUT2D eigenvalue weighted by atomic mass is 9.94. The minimum Gasteiger partial charge on any atom is -0.481 e. The molecule has 16 N–H and O–H groups in total. The van der Waals surface area contributed by atoms with E-state index < -0.39 is 212 Å². The third-order valence-electron chi connectivity index (χ3n) is 9.68. The van der Waals surface area contributed by atoms with Crippen LogP contribution in [0, 0.1) is 6.92 Å². The summed E-state index contributed by atoms with van der Waals surface area (Å²) in [5, 5.41) is 93.3. The lowest BCUT2D eigenvalue weighted by Gasteiger charge is -2.50. The van der Waals surface area contributed by atoms with E-state index in [2.05, 4.69) is 23.7 Å². The van der Waals surface area contributed by atoms with Crippen molar-refractivity contribution in [2.24, 2.45) is 0 Å². The predicted octanol–water partition coefficient (Wildman–Crippen LogP) is -10.8. The van der Waals surface area contributed by atoms with Crippen molar-refractivity contribution in [1.29, 1.82) is 0 Å². The maximum atomic E-state index is 12.7. The summed E-state index contributed by atoms with van der Waals surface area (Å²) >= 11 is 0. The van der Waals surface area contributed by atoms with Crippen LogP contribution in [0.2, 0.25) is 0 Å². The van der Waals surface area contributed by atoms with Gasteiger partial charge in [-0.3, -0.25) is 32.4 Å². The molecule has 0 saturated carbocycles. The zero-order valence-electron chi connectivity index (χ0n) is 36.2. The number of aliphatic hydroxyl groups excluding tert-OH is 6. The average Bonchev–Trinajstić information content (AvgIpc) is 3.20. The zero-order valence-corrected chi connectivity index (χ0v) is 40.3. The van der Waals surface area contributed by atoms with Gasteiger partial charge < -0.3 is 84.4 Å². The van der Waals surface area contributed by atoms with Crippen molar-refractivity contribution < 1.29 is 180 Å². The van der Waals surface area contributed by atoms with Crippen molar-refractivity contribution in [3.05, 3.63) is 6.92 Å². The Kier molecular flexibility index (Phi) is 22.4. The van der Waals surface area contributed by atoms with Gasteiger partial charge in [-0.1, -0.05) is 0 Å². The molecule has 1 amide bonds. The maximum absolute atomic E-state index is 12.7. The quantitative estimate of drug-likeness (QED) is 0.0475. The number of nitrogens with one attached hydrogen (secondary N) is 2. The van der Waals surface area contributed by atoms with Gasteiger partial charge >= 0.3 is 69.8 Å². The third-order valence-corrected chi connectivity index (χ3v) is 12.1. The van der Waals surface area contributed by atoms with Crippen LogP contribution in [0.1, 0.15) is 6.92 Å². The number of aliphatic carboxylic acids is 3. The van der Waals surface area contributed by atoms with E-state index in [4.69, 9.17) is 47.6 Å². The van der Waals surface area contributed by atoms with Gasteiger partial charge in [-0.15, -0.1) is 0 Å². The number of carbonyl (C=O) groups excluding carboxylic acids is 1. The molecule has 0 bridgehead atoms. The van der Waals surface area contributed by atoms with Crippen molar-refractivity contribution in [2.45, 2.75) is 130 Å². The number of rotatable bonds is 21. The van der Waals surface area contributed by atoms with E-state index in [-0.39, 0.29) is 0 Å². The summed E-state index contributed by atoms with van der Waals surface area (Å²) < 4.78 is 222. The molecule has 4 aliphatic heterocycles. The molecule has 4 fully saturated rings. The highest BCUT2D eigenvalue weighted by atomic mass is 32.3. The van der Waals surface area contributed by atoms with Crippen LogP contribution >= 0.6 is 0 Å². The van der Waals surface area contributed by atoms with Crippen LogP contribution in [0.15, 0.2) is 0 Å². The molecule has 4 heterocycles. The molecule has 0 aliphatic carbocycles. The van der Waals surface area contributed by atoms with Crippen molar-refractivity contribution in [2.75, 3.05) is 13.2 Å². The normalized spacial score (nSPS) is 37.4. The molecule has 0 aromatic rings. The first-order chi connectivity index (χ1) is 33.5. The minimum absolute atomic E-state index is 0.840. The fraction of sp³-hybridized carbons (Fsp3) is 0.821. The molecule has 431 valence electrons. The third kappa shape index (κ3) is 19.0. The van der Waals surface area contributed by atoms with Crippen LogP contribution in [0.25, 0.3) is 0 Å². The Morgan fingerprint density at radius 1 is 0.527 bits per heavy atom. The van der Waals surface area contributed by atoms with Crippen molar-refractivity contribution in [1.82, 2.24) is 10.0 Å². The molecule has 0 aromatic heterocycles. The summed E-state index contributed by atoms with van der Waals surface area (Å²) in [4.78, 5) is 45.3. The van der Waals surface area contributed by atoms with Crippen molar-refractivity contribution >= 4 is 75.7 Å². The van der Waals surface area contributed by atoms with Crippen molar-refractivity contribution in [3.63, 3.8) is 0 Å². The Hall–Kier alpha value is -3.29. The first-order valence-corrected chi connectivity index (χ1v) is 26.1. The zero-order chi connectivity index (χ0) is 57.0. The standard InChI is InChI=1S/C26H42N2O37S5.C2H3O2/c1-4(30)27-7-9(31)13(6(56-23(7)39)3-55-67(43,44)45)58-26-19(65-70(52,53)54)12(34)16(20(62-26)22(37)38)60-24-8(28-66(40,41)42)15(63-68(46,47)48)14(5(2-29)57-24)59-25-18(64-69(49,50)51)11(33)10(32)17(61-25)21(35)36;1-2(3)4/h5-20,23-26,28-29,31-34,39H,2-3H2,1H3,(H,27,30)(H,35,36)(H,37,38)(H,40,41,42)(H,43,44,45)(H,46,47,48)(H,49,50,51)(H,52,53,54);1H2,(H,3,4)/t5-,6+,7-,8-,9-,10-,11-,12+,13-,14-,15-,16+,17-,18+,19-,20+,23-,24+,25+,26-;/m1./s1. The number of carbonyl (C=O) groups is 4. The lowest BCUT2D eigenvalue weighted by Crippen LogP contribution is -2.71. The number of hydrogen-bond donors (Lipinski definition) is 16. The number of aliphatic hydroxyl groups is 6. The Morgan fingerprint density at radius 3 is 1.41 bits per heavy atom. The lowest BCUT2D eigenvalue weighted by molar-refractivity contribution is -0.366. The van der Waals surface area contributed by atoms with Crippen LogP contribution < -0.4 is 10.0 Å². The molecular formula is C28H45N2O39S5. The van der Waals surface area contributed by atoms with Crippen LogP contribution in [0.5, 0.6) is 0 Å². The molecule has 41 nitrogen and oxygen atoms in total. The highest BCUT2D eigenvalue weighted by molar-refractivity contribution is 7.83. The maximum Gasteiger partial charge on any atom is 0.397 e. The van der Waals surface area contributed by atoms with Gasteiger partial charge in [-0.25, -0.2) is 26.3 Å². The topological polar surface area (TPSA) is 648 Å². The second-order valence-corrected chi connectivity index (χ2v) is 20.4. The van der Waals surface area contributed by atoms with Crippen molar-refractivity contribution in [3.8, 4) is 0 Å². The second-order valence-electron chi connectivity index (χ2n) is 15.0. The molecule has 4 aliphatic rings. The van der Waals surface area contributed by atoms with Gasteiger partial charge in [-0.05, 0) is 0 Å². The van der Waals surface area contributed by atoms with Crippen LogP contribution in [0.4, 0.5) is 0 Å². The van der Waals surface area contributed by atoms with E-state index in [1.807, 2.05) is 5.32 Å². The van der Waals surface area contributed by atoms with Gasteiger partial charge in [0, 0.05) is 6.92 Å². The smallest absolute Gasteiger partial charge is 0.397 e. The van der Waals surface area contributed by atoms with Gasteiger partial charge in [0.05, 0.1) is 20.1 Å². The second kappa shape index (κ2) is 25.5. The molecule has 74 heavy (non-hydrogen) atoms. The number of carboxylic acid groups (broad SMARTS) is 3.